The number of unbranched alkanes of at least 4 members (excludes halogenated alkanes) is 1. The number of rotatable bonds is 5. The number of hydrazine groups is 1. The average Bonchev–Trinajstić information content (AvgIpc) is 2.63. The fourth-order valence-corrected chi connectivity index (χ4v) is 2.88. The number of ether oxygens (including phenoxy) is 1. The molecule has 0 spiro atoms. The van der Waals surface area contributed by atoms with Crippen molar-refractivity contribution in [1.29, 1.82) is 0 Å². The summed E-state index contributed by atoms with van der Waals surface area (Å²) in [7, 11) is 0. The first-order valence-electron chi connectivity index (χ1n) is 8.64. The van der Waals surface area contributed by atoms with Gasteiger partial charge >= 0.3 is 0 Å². The summed E-state index contributed by atoms with van der Waals surface area (Å²) >= 11 is 0. The van der Waals surface area contributed by atoms with Gasteiger partial charge in [-0.15, -0.1) is 0 Å². The molecule has 1 saturated heterocycles. The lowest BCUT2D eigenvalue weighted by Crippen LogP contribution is -2.58. The molecule has 1 aliphatic heterocycles. The monoisotopic (exact) mass is 365 g/mol. The maximum Gasteiger partial charge on any atom is 0.147 e. The van der Waals surface area contributed by atoms with E-state index in [0.29, 0.717) is 16.9 Å². The number of nitrogen functional groups attached to an aromatic ring is 2. The van der Waals surface area contributed by atoms with Crippen LogP contribution in [0.25, 0.3) is 0 Å². The molecule has 0 radical (unpaired) electrons. The third-order valence-corrected chi connectivity index (χ3v) is 4.43. The van der Waals surface area contributed by atoms with Crippen LogP contribution >= 0.6 is 0 Å². The number of hydrogen-bond donors (Lipinski definition) is 7. The minimum atomic E-state index is -1.46. The maximum absolute atomic E-state index is 10.1. The molecule has 1 aromatic rings. The molecule has 1 fully saturated rings. The van der Waals surface area contributed by atoms with Crippen LogP contribution in [0.2, 0.25) is 0 Å². The van der Waals surface area contributed by atoms with Gasteiger partial charge in [0.05, 0.1) is 23.5 Å². The topological polar surface area (TPSA) is 154 Å². The molecule has 144 valence electrons. The number of aryl methyl sites for hydroxylation is 1. The zero-order valence-corrected chi connectivity index (χ0v) is 14.7. The van der Waals surface area contributed by atoms with Gasteiger partial charge in [-0.1, -0.05) is 25.2 Å². The lowest BCUT2D eigenvalue weighted by Gasteiger charge is -2.37. The second-order valence-electron chi connectivity index (χ2n) is 6.37. The number of nitrogens with two attached hydrogens (primary N) is 2. The molecule has 26 heavy (non-hydrogen) atoms. The molecule has 0 amide bonds. The van der Waals surface area contributed by atoms with E-state index in [-0.39, 0.29) is 0 Å². The Hall–Kier alpha value is -1.86. The average molecular weight is 365 g/mol. The number of aliphatic hydroxyl groups excluding tert-OH is 4. The number of aliphatic hydroxyl groups is 4. The van der Waals surface area contributed by atoms with Crippen molar-refractivity contribution in [2.45, 2.75) is 56.7 Å². The van der Waals surface area contributed by atoms with Gasteiger partial charge in [-0.25, -0.2) is 0 Å². The minimum Gasteiger partial charge on any atom is -0.397 e. The fraction of sp³-hybridized carbons (Fsp3) is 0.556. The molecule has 4 unspecified atom stereocenters. The molecule has 1 heterocycles. The minimum absolute atomic E-state index is 0.458. The summed E-state index contributed by atoms with van der Waals surface area (Å²) in [4.78, 5) is 0. The fourth-order valence-electron chi connectivity index (χ4n) is 2.88. The number of benzene rings is 1. The lowest BCUT2D eigenvalue weighted by atomic mass is 9.95. The van der Waals surface area contributed by atoms with Crippen LogP contribution in [0.4, 0.5) is 11.4 Å². The molecule has 9 N–H and O–H groups in total. The number of anilines is 2. The van der Waals surface area contributed by atoms with Gasteiger partial charge in [-0.2, -0.15) is 0 Å². The second kappa shape index (κ2) is 9.19. The van der Waals surface area contributed by atoms with E-state index >= 15 is 0 Å². The normalized spacial score (nSPS) is 28.3. The van der Waals surface area contributed by atoms with Crippen molar-refractivity contribution in [2.75, 3.05) is 17.8 Å². The first kappa shape index (κ1) is 20.5. The number of nitrogens with one attached hydrogen (secondary N) is 1. The summed E-state index contributed by atoms with van der Waals surface area (Å²) in [6.07, 6.45) is -3.46. The van der Waals surface area contributed by atoms with E-state index in [1.165, 1.54) is 0 Å². The first-order valence-corrected chi connectivity index (χ1v) is 8.64. The molecular formula is C18H27N3O5. The zero-order chi connectivity index (χ0) is 19.3. The van der Waals surface area contributed by atoms with Crippen LogP contribution in [-0.2, 0) is 11.2 Å². The molecule has 1 aliphatic rings. The summed E-state index contributed by atoms with van der Waals surface area (Å²) in [5.41, 5.74) is 11.0. The summed E-state index contributed by atoms with van der Waals surface area (Å²) in [6.45, 7) is 1.59. The van der Waals surface area contributed by atoms with Gasteiger partial charge in [-0.3, -0.25) is 5.84 Å². The summed E-state index contributed by atoms with van der Waals surface area (Å²) in [6, 6.07) is 3.70. The van der Waals surface area contributed by atoms with E-state index in [1.807, 2.05) is 12.1 Å². The van der Waals surface area contributed by atoms with Crippen molar-refractivity contribution >= 4 is 11.4 Å². The van der Waals surface area contributed by atoms with E-state index < -0.39 is 37.1 Å². The Morgan fingerprint density at radius 3 is 2.54 bits per heavy atom. The summed E-state index contributed by atoms with van der Waals surface area (Å²) < 4.78 is 5.38. The van der Waals surface area contributed by atoms with Gasteiger partial charge in [0.25, 0.3) is 0 Å². The van der Waals surface area contributed by atoms with Crippen molar-refractivity contribution in [3.8, 4) is 11.8 Å². The quantitative estimate of drug-likeness (QED) is 0.153. The van der Waals surface area contributed by atoms with Crippen LogP contribution in [-0.4, -0.2) is 57.6 Å². The Morgan fingerprint density at radius 1 is 1.19 bits per heavy atom. The SMILES string of the molecule is CCCCc1cc(N)c(NN)c(C#CC2OC(CO)[C@@H](O)C(O)C2O)c1. The van der Waals surface area contributed by atoms with Crippen LogP contribution in [0, 0.1) is 11.8 Å². The van der Waals surface area contributed by atoms with E-state index in [0.717, 1.165) is 24.8 Å². The highest BCUT2D eigenvalue weighted by molar-refractivity contribution is 5.74. The number of hydrogen-bond acceptors (Lipinski definition) is 8. The molecular weight excluding hydrogens is 338 g/mol. The Labute approximate surface area is 152 Å². The second-order valence-corrected chi connectivity index (χ2v) is 6.37. The van der Waals surface area contributed by atoms with Gasteiger partial charge in [0.15, 0.2) is 0 Å². The van der Waals surface area contributed by atoms with Crippen LogP contribution < -0.4 is 17.0 Å². The molecule has 0 aliphatic carbocycles. The molecule has 1 aromatic carbocycles. The van der Waals surface area contributed by atoms with Crippen molar-refractivity contribution in [3.63, 3.8) is 0 Å². The van der Waals surface area contributed by atoms with Crippen LogP contribution in [0.3, 0.4) is 0 Å². The first-order chi connectivity index (χ1) is 12.4. The molecule has 0 bridgehead atoms. The molecule has 8 heteroatoms. The van der Waals surface area contributed by atoms with Gasteiger partial charge < -0.3 is 36.3 Å². The Balaban J connectivity index is 2.31. The third-order valence-electron chi connectivity index (χ3n) is 4.43. The Kier molecular flexibility index (Phi) is 7.23. The smallest absolute Gasteiger partial charge is 0.147 e. The highest BCUT2D eigenvalue weighted by Crippen LogP contribution is 2.26. The van der Waals surface area contributed by atoms with Crippen molar-refractivity contribution < 1.29 is 25.2 Å². The van der Waals surface area contributed by atoms with Crippen molar-refractivity contribution in [2.24, 2.45) is 5.84 Å². The highest BCUT2D eigenvalue weighted by atomic mass is 16.5. The maximum atomic E-state index is 10.1. The van der Waals surface area contributed by atoms with E-state index in [4.69, 9.17) is 16.3 Å². The lowest BCUT2D eigenvalue weighted by molar-refractivity contribution is -0.214. The summed E-state index contributed by atoms with van der Waals surface area (Å²) in [5.74, 6) is 11.1. The predicted molar refractivity (Wildman–Crippen MR) is 97.9 cm³/mol. The third kappa shape index (κ3) is 4.45. The highest BCUT2D eigenvalue weighted by Gasteiger charge is 2.42. The predicted octanol–water partition coefficient (Wildman–Crippen LogP) is -0.909. The van der Waals surface area contributed by atoms with Gasteiger partial charge in [0.2, 0.25) is 0 Å². The van der Waals surface area contributed by atoms with Crippen LogP contribution in [0.1, 0.15) is 30.9 Å². The van der Waals surface area contributed by atoms with Gasteiger partial charge in [0.1, 0.15) is 30.5 Å². The van der Waals surface area contributed by atoms with E-state index in [1.54, 1.807) is 0 Å². The molecule has 2 rings (SSSR count). The standard InChI is InChI=1S/C18H27N3O5/c1-2-3-4-10-7-11(15(21-20)12(19)8-10)5-6-13-16(23)18(25)17(24)14(9-22)26-13/h7-8,13-14,16-18,21-25H,2-4,9,19-20H2,1H3/t13?,14?,16?,17-,18?/m1/s1. The van der Waals surface area contributed by atoms with E-state index in [9.17, 15) is 20.4 Å². The molecule has 0 aromatic heterocycles. The molecule has 8 nitrogen and oxygen atoms in total. The summed E-state index contributed by atoms with van der Waals surface area (Å²) in [5, 5.41) is 39.0. The molecule has 0 saturated carbocycles. The molecule has 5 atom stereocenters. The van der Waals surface area contributed by atoms with Crippen molar-refractivity contribution in [3.05, 3.63) is 23.3 Å². The van der Waals surface area contributed by atoms with Gasteiger partial charge in [0, 0.05) is 0 Å². The Morgan fingerprint density at radius 2 is 1.92 bits per heavy atom. The largest absolute Gasteiger partial charge is 0.397 e. The van der Waals surface area contributed by atoms with Crippen LogP contribution in [0.15, 0.2) is 12.1 Å². The van der Waals surface area contributed by atoms with Gasteiger partial charge in [-0.05, 0) is 30.5 Å². The van der Waals surface area contributed by atoms with Crippen molar-refractivity contribution in [1.82, 2.24) is 0 Å². The Bertz CT molecular complexity index is 671. The van der Waals surface area contributed by atoms with Crippen LogP contribution in [0.5, 0.6) is 0 Å². The van der Waals surface area contributed by atoms with E-state index in [2.05, 4.69) is 24.2 Å². The zero-order valence-electron chi connectivity index (χ0n) is 14.7.